The van der Waals surface area contributed by atoms with E-state index in [4.69, 9.17) is 0 Å². The lowest BCUT2D eigenvalue weighted by Gasteiger charge is -2.39. The van der Waals surface area contributed by atoms with Crippen LogP contribution in [-0.4, -0.2) is 80.3 Å². The third kappa shape index (κ3) is 6.35. The number of hydrogen-bond acceptors (Lipinski definition) is 5. The first-order valence-electron chi connectivity index (χ1n) is 12.8. The quantitative estimate of drug-likeness (QED) is 0.653. The highest BCUT2D eigenvalue weighted by Crippen LogP contribution is 2.25. The number of carbonyl (C=O) groups is 1. The molecule has 1 N–H and O–H groups in total. The first kappa shape index (κ1) is 24.6. The van der Waals surface area contributed by atoms with Crippen LogP contribution in [0.15, 0.2) is 29.2 Å². The Balaban J connectivity index is 1.25. The van der Waals surface area contributed by atoms with E-state index in [0.717, 1.165) is 51.4 Å². The summed E-state index contributed by atoms with van der Waals surface area (Å²) in [6.45, 7) is 8.22. The number of sulfonamides is 1. The van der Waals surface area contributed by atoms with Gasteiger partial charge < -0.3 is 10.2 Å². The summed E-state index contributed by atoms with van der Waals surface area (Å²) in [5, 5.41) is 2.97. The summed E-state index contributed by atoms with van der Waals surface area (Å²) in [4.78, 5) is 18.0. The Kier molecular flexibility index (Phi) is 8.43. The monoisotopic (exact) mass is 476 g/mol. The Morgan fingerprint density at radius 2 is 1.52 bits per heavy atom. The van der Waals surface area contributed by atoms with Crippen molar-refractivity contribution in [1.29, 1.82) is 0 Å². The molecule has 33 heavy (non-hydrogen) atoms. The van der Waals surface area contributed by atoms with Crippen molar-refractivity contribution >= 4 is 21.6 Å². The van der Waals surface area contributed by atoms with Crippen molar-refractivity contribution in [3.8, 4) is 0 Å². The predicted octanol–water partition coefficient (Wildman–Crippen LogP) is 3.39. The van der Waals surface area contributed by atoms with Crippen LogP contribution in [0.25, 0.3) is 0 Å². The van der Waals surface area contributed by atoms with Gasteiger partial charge in [-0.05, 0) is 62.8 Å². The fourth-order valence-electron chi connectivity index (χ4n) is 5.45. The minimum atomic E-state index is -3.45. The van der Waals surface area contributed by atoms with Crippen molar-refractivity contribution in [3.05, 3.63) is 24.3 Å². The van der Waals surface area contributed by atoms with Gasteiger partial charge in [-0.1, -0.05) is 25.7 Å². The van der Waals surface area contributed by atoms with Gasteiger partial charge in [-0.2, -0.15) is 4.31 Å². The highest BCUT2D eigenvalue weighted by atomic mass is 32.2. The van der Waals surface area contributed by atoms with E-state index in [-0.39, 0.29) is 11.9 Å². The second-order valence-corrected chi connectivity index (χ2v) is 11.9. The van der Waals surface area contributed by atoms with E-state index in [2.05, 4.69) is 15.1 Å². The molecule has 2 heterocycles. The first-order valence-corrected chi connectivity index (χ1v) is 14.2. The summed E-state index contributed by atoms with van der Waals surface area (Å²) in [6.07, 6.45) is 9.83. The van der Waals surface area contributed by atoms with Crippen LogP contribution in [0.1, 0.15) is 58.3 Å². The van der Waals surface area contributed by atoms with Gasteiger partial charge in [-0.15, -0.1) is 0 Å². The molecule has 1 atom stereocenters. The molecule has 0 radical (unpaired) electrons. The van der Waals surface area contributed by atoms with Crippen LogP contribution in [-0.2, 0) is 14.8 Å². The Bertz CT molecular complexity index is 869. The van der Waals surface area contributed by atoms with E-state index in [0.29, 0.717) is 23.7 Å². The largest absolute Gasteiger partial charge is 0.325 e. The van der Waals surface area contributed by atoms with Crippen LogP contribution < -0.4 is 5.32 Å². The zero-order valence-corrected chi connectivity index (χ0v) is 20.9. The fourth-order valence-corrected chi connectivity index (χ4v) is 6.96. The van der Waals surface area contributed by atoms with Gasteiger partial charge in [0.15, 0.2) is 0 Å². The fraction of sp³-hybridized carbons (Fsp3) is 0.720. The Morgan fingerprint density at radius 3 is 2.15 bits per heavy atom. The van der Waals surface area contributed by atoms with Gasteiger partial charge in [0, 0.05) is 51.5 Å². The average molecular weight is 477 g/mol. The van der Waals surface area contributed by atoms with E-state index in [1.54, 1.807) is 28.6 Å². The van der Waals surface area contributed by atoms with Crippen molar-refractivity contribution in [2.75, 3.05) is 51.1 Å². The van der Waals surface area contributed by atoms with Crippen LogP contribution in [0.5, 0.6) is 0 Å². The molecule has 2 saturated heterocycles. The second kappa shape index (κ2) is 11.3. The highest BCUT2D eigenvalue weighted by Gasteiger charge is 2.28. The zero-order valence-electron chi connectivity index (χ0n) is 20.0. The molecule has 1 aromatic rings. The molecular weight excluding hydrogens is 436 g/mol. The van der Waals surface area contributed by atoms with Crippen molar-refractivity contribution in [2.45, 2.75) is 69.2 Å². The van der Waals surface area contributed by atoms with Gasteiger partial charge in [-0.3, -0.25) is 9.69 Å². The van der Waals surface area contributed by atoms with Gasteiger partial charge in [0.2, 0.25) is 15.9 Å². The molecule has 0 spiro atoms. The lowest BCUT2D eigenvalue weighted by molar-refractivity contribution is -0.121. The smallest absolute Gasteiger partial charge is 0.243 e. The highest BCUT2D eigenvalue weighted by molar-refractivity contribution is 7.89. The molecule has 3 aliphatic rings. The Labute approximate surface area is 199 Å². The number of benzene rings is 1. The summed E-state index contributed by atoms with van der Waals surface area (Å²) in [5.74, 6) is 0.815. The van der Waals surface area contributed by atoms with Crippen LogP contribution >= 0.6 is 0 Å². The van der Waals surface area contributed by atoms with Gasteiger partial charge >= 0.3 is 0 Å². The number of amides is 1. The average Bonchev–Trinajstić information content (AvgIpc) is 2.85. The lowest BCUT2D eigenvalue weighted by Crippen LogP contribution is -2.53. The minimum Gasteiger partial charge on any atom is -0.325 e. The molecule has 184 valence electrons. The van der Waals surface area contributed by atoms with E-state index >= 15 is 0 Å². The number of nitrogens with one attached hydrogen (secondary N) is 1. The van der Waals surface area contributed by atoms with Crippen LogP contribution in [0, 0.1) is 5.92 Å². The molecular formula is C25H40N4O3S. The van der Waals surface area contributed by atoms with Gasteiger partial charge in [0.1, 0.15) is 0 Å². The van der Waals surface area contributed by atoms with E-state index in [9.17, 15) is 13.2 Å². The lowest BCUT2D eigenvalue weighted by atomic mass is 9.89. The van der Waals surface area contributed by atoms with Gasteiger partial charge in [0.25, 0.3) is 0 Å². The van der Waals surface area contributed by atoms with Gasteiger partial charge in [-0.25, -0.2) is 8.42 Å². The van der Waals surface area contributed by atoms with Crippen LogP contribution in [0.4, 0.5) is 5.69 Å². The molecule has 1 amide bonds. The van der Waals surface area contributed by atoms with Gasteiger partial charge in [0.05, 0.1) is 10.9 Å². The van der Waals surface area contributed by atoms with E-state index in [1.807, 2.05) is 6.92 Å². The molecule has 1 unspecified atom stereocenters. The maximum atomic E-state index is 12.8. The zero-order chi connectivity index (χ0) is 23.3. The minimum absolute atomic E-state index is 0.0395. The van der Waals surface area contributed by atoms with E-state index in [1.165, 1.54) is 38.6 Å². The third-order valence-corrected chi connectivity index (χ3v) is 9.56. The summed E-state index contributed by atoms with van der Waals surface area (Å²) in [5.41, 5.74) is 0.639. The molecule has 8 heteroatoms. The molecule has 0 bridgehead atoms. The normalized spacial score (nSPS) is 23.3. The Morgan fingerprint density at radius 1 is 0.909 bits per heavy atom. The second-order valence-electron chi connectivity index (χ2n) is 9.99. The molecule has 3 fully saturated rings. The maximum absolute atomic E-state index is 12.8. The molecule has 7 nitrogen and oxygen atoms in total. The number of carbonyl (C=O) groups excluding carboxylic acids is 1. The predicted molar refractivity (Wildman–Crippen MR) is 132 cm³/mol. The maximum Gasteiger partial charge on any atom is 0.243 e. The first-order chi connectivity index (χ1) is 15.9. The summed E-state index contributed by atoms with van der Waals surface area (Å²) in [7, 11) is -3.45. The van der Waals surface area contributed by atoms with E-state index < -0.39 is 10.0 Å². The molecule has 2 aliphatic heterocycles. The van der Waals surface area contributed by atoms with Crippen molar-refractivity contribution in [1.82, 2.24) is 14.1 Å². The summed E-state index contributed by atoms with van der Waals surface area (Å²) in [6, 6.07) is 6.40. The number of nitrogens with zero attached hydrogens (tertiary/aromatic N) is 3. The molecule has 1 aromatic carbocycles. The van der Waals surface area contributed by atoms with Crippen molar-refractivity contribution < 1.29 is 13.2 Å². The van der Waals surface area contributed by atoms with Crippen molar-refractivity contribution in [3.63, 3.8) is 0 Å². The molecule has 0 aromatic heterocycles. The SMILES string of the molecule is CC(C(=O)Nc1ccc(S(=O)(=O)N2CCCCC2)cc1)N1CCN(CC2CCCCC2)CC1. The standard InChI is InChI=1S/C25H40N4O3S/c1-21(28-18-16-27(17-19-28)20-22-8-4-2-5-9-22)25(30)26-23-10-12-24(13-11-23)33(31,32)29-14-6-3-7-15-29/h10-13,21-22H,2-9,14-20H2,1H3,(H,26,30). The van der Waals surface area contributed by atoms with Crippen molar-refractivity contribution in [2.24, 2.45) is 5.92 Å². The number of rotatable bonds is 7. The third-order valence-electron chi connectivity index (χ3n) is 7.65. The summed E-state index contributed by atoms with van der Waals surface area (Å²) < 4.78 is 27.2. The number of piperidine rings is 1. The molecule has 1 saturated carbocycles. The van der Waals surface area contributed by atoms with Crippen LogP contribution in [0.2, 0.25) is 0 Å². The molecule has 1 aliphatic carbocycles. The number of hydrogen-bond donors (Lipinski definition) is 1. The molecule has 4 rings (SSSR count). The number of anilines is 1. The Hall–Kier alpha value is -1.48. The number of piperazine rings is 1. The summed E-state index contributed by atoms with van der Waals surface area (Å²) >= 11 is 0. The topological polar surface area (TPSA) is 73.0 Å². The van der Waals surface area contributed by atoms with Crippen LogP contribution in [0.3, 0.4) is 0 Å².